The Bertz CT molecular complexity index is 490. The van der Waals surface area contributed by atoms with E-state index in [0.29, 0.717) is 30.5 Å². The van der Waals surface area contributed by atoms with Crippen LogP contribution in [0.25, 0.3) is 0 Å². The van der Waals surface area contributed by atoms with E-state index >= 15 is 0 Å². The van der Waals surface area contributed by atoms with Gasteiger partial charge in [0.2, 0.25) is 5.91 Å². The summed E-state index contributed by atoms with van der Waals surface area (Å²) in [6.07, 6.45) is 1.66. The molecular weight excluding hydrogens is 292 g/mol. The minimum Gasteiger partial charge on any atom is -0.496 e. The molecule has 1 amide bonds. The summed E-state index contributed by atoms with van der Waals surface area (Å²) in [6.45, 7) is 1.73. The molecule has 6 heteroatoms. The van der Waals surface area contributed by atoms with Gasteiger partial charge in [0.25, 0.3) is 0 Å². The molecule has 116 valence electrons. The Kier molecular flexibility index (Phi) is 5.85. The lowest BCUT2D eigenvalue weighted by atomic mass is 9.92. The molecule has 0 spiro atoms. The number of amides is 1. The molecule has 3 N–H and O–H groups in total. The summed E-state index contributed by atoms with van der Waals surface area (Å²) >= 11 is 5.91. The number of halogens is 1. The Morgan fingerprint density at radius 2 is 2.24 bits per heavy atom. The SMILES string of the molecule is COc1cc(Cl)ccc1CNC(=O)C(N)C1CCOCC1. The average Bonchev–Trinajstić information content (AvgIpc) is 2.53. The van der Waals surface area contributed by atoms with Gasteiger partial charge < -0.3 is 20.5 Å². The fourth-order valence-corrected chi connectivity index (χ4v) is 2.62. The molecule has 1 saturated heterocycles. The highest BCUT2D eigenvalue weighted by Crippen LogP contribution is 2.23. The van der Waals surface area contributed by atoms with Gasteiger partial charge in [0.05, 0.1) is 13.2 Å². The van der Waals surface area contributed by atoms with Gasteiger partial charge >= 0.3 is 0 Å². The summed E-state index contributed by atoms with van der Waals surface area (Å²) in [5, 5.41) is 3.46. The number of carbonyl (C=O) groups is 1. The minimum absolute atomic E-state index is 0.140. The van der Waals surface area contributed by atoms with Gasteiger partial charge in [-0.25, -0.2) is 0 Å². The summed E-state index contributed by atoms with van der Waals surface area (Å²) < 4.78 is 10.5. The van der Waals surface area contributed by atoms with Crippen molar-refractivity contribution < 1.29 is 14.3 Å². The van der Waals surface area contributed by atoms with Crippen molar-refractivity contribution in [1.82, 2.24) is 5.32 Å². The van der Waals surface area contributed by atoms with Gasteiger partial charge in [0, 0.05) is 30.3 Å². The van der Waals surface area contributed by atoms with Gasteiger partial charge in [-0.15, -0.1) is 0 Å². The smallest absolute Gasteiger partial charge is 0.237 e. The maximum absolute atomic E-state index is 12.1. The molecule has 21 heavy (non-hydrogen) atoms. The van der Waals surface area contributed by atoms with Crippen LogP contribution in [-0.2, 0) is 16.1 Å². The van der Waals surface area contributed by atoms with Crippen molar-refractivity contribution >= 4 is 17.5 Å². The van der Waals surface area contributed by atoms with E-state index in [1.807, 2.05) is 6.07 Å². The molecule has 1 aliphatic heterocycles. The third-order valence-electron chi connectivity index (χ3n) is 3.78. The minimum atomic E-state index is -0.493. The zero-order valence-electron chi connectivity index (χ0n) is 12.1. The van der Waals surface area contributed by atoms with Crippen LogP contribution in [0, 0.1) is 5.92 Å². The predicted molar refractivity (Wildman–Crippen MR) is 81.4 cm³/mol. The lowest BCUT2D eigenvalue weighted by Crippen LogP contribution is -2.46. The molecule has 1 atom stereocenters. The lowest BCUT2D eigenvalue weighted by molar-refractivity contribution is -0.124. The highest BCUT2D eigenvalue weighted by Gasteiger charge is 2.26. The van der Waals surface area contributed by atoms with Gasteiger partial charge in [-0.05, 0) is 30.9 Å². The second kappa shape index (κ2) is 7.64. The number of nitrogens with one attached hydrogen (secondary N) is 1. The number of rotatable bonds is 5. The Balaban J connectivity index is 1.91. The van der Waals surface area contributed by atoms with E-state index in [4.69, 9.17) is 26.8 Å². The van der Waals surface area contributed by atoms with Crippen LogP contribution in [0.2, 0.25) is 5.02 Å². The number of hydrogen-bond acceptors (Lipinski definition) is 4. The largest absolute Gasteiger partial charge is 0.496 e. The van der Waals surface area contributed by atoms with Crippen molar-refractivity contribution in [3.8, 4) is 5.75 Å². The third-order valence-corrected chi connectivity index (χ3v) is 4.01. The molecule has 1 heterocycles. The summed E-state index contributed by atoms with van der Waals surface area (Å²) in [5.74, 6) is 0.701. The van der Waals surface area contributed by atoms with Crippen LogP contribution < -0.4 is 15.8 Å². The summed E-state index contributed by atoms with van der Waals surface area (Å²) in [5.41, 5.74) is 6.90. The average molecular weight is 313 g/mol. The number of ether oxygens (including phenoxy) is 2. The molecule has 1 aromatic carbocycles. The Morgan fingerprint density at radius 3 is 2.90 bits per heavy atom. The monoisotopic (exact) mass is 312 g/mol. The van der Waals surface area contributed by atoms with Gasteiger partial charge in [0.1, 0.15) is 5.75 Å². The van der Waals surface area contributed by atoms with Crippen LogP contribution in [0.3, 0.4) is 0 Å². The quantitative estimate of drug-likeness (QED) is 0.868. The zero-order valence-corrected chi connectivity index (χ0v) is 12.9. The fraction of sp³-hybridized carbons (Fsp3) is 0.533. The summed E-state index contributed by atoms with van der Waals surface area (Å²) in [4.78, 5) is 12.1. The van der Waals surface area contributed by atoms with E-state index in [1.165, 1.54) is 0 Å². The first-order valence-corrected chi connectivity index (χ1v) is 7.43. The van der Waals surface area contributed by atoms with Crippen LogP contribution >= 0.6 is 11.6 Å². The van der Waals surface area contributed by atoms with Crippen LogP contribution in [0.4, 0.5) is 0 Å². The number of benzene rings is 1. The number of hydrogen-bond donors (Lipinski definition) is 2. The predicted octanol–water partition coefficient (Wildman–Crippen LogP) is 1.72. The van der Waals surface area contributed by atoms with Crippen LogP contribution in [0.1, 0.15) is 18.4 Å². The third kappa shape index (κ3) is 4.33. The molecule has 2 rings (SSSR count). The second-order valence-corrected chi connectivity index (χ2v) is 5.59. The maximum Gasteiger partial charge on any atom is 0.237 e. The molecule has 1 aliphatic rings. The number of carbonyl (C=O) groups excluding carboxylic acids is 1. The first kappa shape index (κ1) is 16.1. The van der Waals surface area contributed by atoms with Crippen molar-refractivity contribution in [3.05, 3.63) is 28.8 Å². The molecule has 5 nitrogen and oxygen atoms in total. The highest BCUT2D eigenvalue weighted by atomic mass is 35.5. The fourth-order valence-electron chi connectivity index (χ4n) is 2.45. The number of methoxy groups -OCH3 is 1. The van der Waals surface area contributed by atoms with Crippen molar-refractivity contribution in [2.24, 2.45) is 11.7 Å². The summed E-state index contributed by atoms with van der Waals surface area (Å²) in [7, 11) is 1.57. The lowest BCUT2D eigenvalue weighted by Gasteiger charge is -2.26. The molecule has 0 aromatic heterocycles. The molecule has 0 saturated carbocycles. The molecular formula is C15H21ClN2O3. The van der Waals surface area contributed by atoms with Crippen LogP contribution in [0.15, 0.2) is 18.2 Å². The first-order chi connectivity index (χ1) is 10.1. The molecule has 0 aliphatic carbocycles. The standard InChI is InChI=1S/C15H21ClN2O3/c1-20-13-8-12(16)3-2-11(13)9-18-15(19)14(17)10-4-6-21-7-5-10/h2-3,8,10,14H,4-7,9,17H2,1H3,(H,18,19). The van der Waals surface area contributed by atoms with Crippen LogP contribution in [-0.4, -0.2) is 32.3 Å². The summed E-state index contributed by atoms with van der Waals surface area (Å²) in [6, 6.07) is 4.83. The molecule has 0 radical (unpaired) electrons. The topological polar surface area (TPSA) is 73.6 Å². The van der Waals surface area contributed by atoms with Crippen molar-refractivity contribution in [2.75, 3.05) is 20.3 Å². The van der Waals surface area contributed by atoms with Gasteiger partial charge in [-0.1, -0.05) is 17.7 Å². The zero-order chi connectivity index (χ0) is 15.2. The first-order valence-electron chi connectivity index (χ1n) is 7.05. The van der Waals surface area contributed by atoms with Crippen molar-refractivity contribution in [1.29, 1.82) is 0 Å². The van der Waals surface area contributed by atoms with E-state index in [0.717, 1.165) is 18.4 Å². The molecule has 1 unspecified atom stereocenters. The molecule has 0 bridgehead atoms. The molecule has 1 aromatic rings. The second-order valence-electron chi connectivity index (χ2n) is 5.15. The number of nitrogens with two attached hydrogens (primary N) is 1. The Morgan fingerprint density at radius 1 is 1.52 bits per heavy atom. The molecule has 1 fully saturated rings. The van der Waals surface area contributed by atoms with Gasteiger partial charge in [0.15, 0.2) is 0 Å². The van der Waals surface area contributed by atoms with Crippen molar-refractivity contribution in [2.45, 2.75) is 25.4 Å². The maximum atomic E-state index is 12.1. The van der Waals surface area contributed by atoms with E-state index < -0.39 is 6.04 Å². The van der Waals surface area contributed by atoms with Crippen molar-refractivity contribution in [3.63, 3.8) is 0 Å². The van der Waals surface area contributed by atoms with E-state index in [9.17, 15) is 4.79 Å². The van der Waals surface area contributed by atoms with E-state index in [2.05, 4.69) is 5.32 Å². The van der Waals surface area contributed by atoms with Crippen LogP contribution in [0.5, 0.6) is 5.75 Å². The highest BCUT2D eigenvalue weighted by molar-refractivity contribution is 6.30. The normalized spacial score (nSPS) is 17.3. The Labute approximate surface area is 129 Å². The van der Waals surface area contributed by atoms with E-state index in [1.54, 1.807) is 19.2 Å². The van der Waals surface area contributed by atoms with Gasteiger partial charge in [-0.2, -0.15) is 0 Å². The van der Waals surface area contributed by atoms with Gasteiger partial charge in [-0.3, -0.25) is 4.79 Å². The van der Waals surface area contributed by atoms with E-state index in [-0.39, 0.29) is 11.8 Å². The Hall–Kier alpha value is -1.30.